The highest BCUT2D eigenvalue weighted by atomic mass is 16.5. The van der Waals surface area contributed by atoms with Crippen LogP contribution >= 0.6 is 0 Å². The summed E-state index contributed by atoms with van der Waals surface area (Å²) in [6.45, 7) is 2.88. The van der Waals surface area contributed by atoms with Crippen molar-refractivity contribution in [1.82, 2.24) is 9.88 Å². The molecule has 4 nitrogen and oxygen atoms in total. The zero-order valence-corrected chi connectivity index (χ0v) is 12.2. The molecule has 1 heterocycles. The number of methoxy groups -OCH3 is 1. The molecule has 2 N–H and O–H groups in total. The van der Waals surface area contributed by atoms with E-state index in [1.165, 1.54) is 12.8 Å². The number of ether oxygens (including phenoxy) is 1. The van der Waals surface area contributed by atoms with E-state index in [2.05, 4.69) is 16.9 Å². The van der Waals surface area contributed by atoms with Crippen LogP contribution in [0.3, 0.4) is 0 Å². The quantitative estimate of drug-likeness (QED) is 0.904. The molecule has 0 amide bonds. The van der Waals surface area contributed by atoms with Crippen molar-refractivity contribution in [1.29, 1.82) is 0 Å². The van der Waals surface area contributed by atoms with Crippen molar-refractivity contribution in [3.8, 4) is 5.75 Å². The lowest BCUT2D eigenvalue weighted by Crippen LogP contribution is -2.38. The summed E-state index contributed by atoms with van der Waals surface area (Å²) in [5.41, 5.74) is 8.05. The van der Waals surface area contributed by atoms with E-state index in [9.17, 15) is 0 Å². The van der Waals surface area contributed by atoms with Gasteiger partial charge < -0.3 is 10.5 Å². The van der Waals surface area contributed by atoms with Crippen molar-refractivity contribution < 1.29 is 4.74 Å². The Labute approximate surface area is 116 Å². The van der Waals surface area contributed by atoms with Crippen molar-refractivity contribution in [3.05, 3.63) is 23.5 Å². The molecule has 0 bridgehead atoms. The lowest BCUT2D eigenvalue weighted by molar-refractivity contribution is 0.174. The fraction of sp³-hybridized carbons (Fsp3) is 0.667. The molecular weight excluding hydrogens is 238 g/mol. The molecule has 0 unspecified atom stereocenters. The minimum absolute atomic E-state index is 0.404. The second-order valence-electron chi connectivity index (χ2n) is 5.62. The summed E-state index contributed by atoms with van der Waals surface area (Å²) in [7, 11) is 3.88. The fourth-order valence-electron chi connectivity index (χ4n) is 2.83. The van der Waals surface area contributed by atoms with E-state index in [4.69, 9.17) is 10.5 Å². The van der Waals surface area contributed by atoms with Gasteiger partial charge in [0.1, 0.15) is 5.75 Å². The second kappa shape index (κ2) is 6.35. The smallest absolute Gasteiger partial charge is 0.122 e. The minimum Gasteiger partial charge on any atom is -0.497 e. The molecule has 2 rings (SSSR count). The Balaban J connectivity index is 1.98. The van der Waals surface area contributed by atoms with Gasteiger partial charge in [0.15, 0.2) is 0 Å². The van der Waals surface area contributed by atoms with Gasteiger partial charge >= 0.3 is 0 Å². The van der Waals surface area contributed by atoms with Crippen molar-refractivity contribution in [2.45, 2.75) is 51.2 Å². The van der Waals surface area contributed by atoms with Gasteiger partial charge in [0, 0.05) is 36.5 Å². The average molecular weight is 263 g/mol. The summed E-state index contributed by atoms with van der Waals surface area (Å²) < 4.78 is 5.30. The zero-order chi connectivity index (χ0) is 13.8. The van der Waals surface area contributed by atoms with E-state index in [1.807, 2.05) is 19.1 Å². The first-order valence-electron chi connectivity index (χ1n) is 7.06. The van der Waals surface area contributed by atoms with Gasteiger partial charge in [0.05, 0.1) is 12.8 Å². The van der Waals surface area contributed by atoms with Gasteiger partial charge in [0.25, 0.3) is 0 Å². The molecule has 1 saturated carbocycles. The number of aromatic nitrogens is 1. The monoisotopic (exact) mass is 263 g/mol. The number of aryl methyl sites for hydroxylation is 1. The predicted molar refractivity (Wildman–Crippen MR) is 77.2 cm³/mol. The number of nitrogens with zero attached hydrogens (tertiary/aromatic N) is 2. The van der Waals surface area contributed by atoms with Crippen molar-refractivity contribution in [3.63, 3.8) is 0 Å². The first kappa shape index (κ1) is 14.3. The highest BCUT2D eigenvalue weighted by Gasteiger charge is 2.22. The average Bonchev–Trinajstić information content (AvgIpc) is 2.38. The molecule has 4 heteroatoms. The third kappa shape index (κ3) is 3.91. The second-order valence-corrected chi connectivity index (χ2v) is 5.62. The lowest BCUT2D eigenvalue weighted by atomic mass is 9.91. The molecule has 1 fully saturated rings. The van der Waals surface area contributed by atoms with Crippen molar-refractivity contribution in [2.75, 3.05) is 14.2 Å². The standard InChI is InChI=1S/C15H25N3O/c1-11-8-15(19-3)9-13(17-11)10-18(2)14-6-4-12(16)5-7-14/h8-9,12,14H,4-7,10,16H2,1-3H3. The largest absolute Gasteiger partial charge is 0.497 e. The van der Waals surface area contributed by atoms with E-state index in [1.54, 1.807) is 7.11 Å². The molecule has 1 aliphatic carbocycles. The molecule has 0 aromatic carbocycles. The first-order valence-corrected chi connectivity index (χ1v) is 7.06. The third-order valence-electron chi connectivity index (χ3n) is 3.99. The van der Waals surface area contributed by atoms with Gasteiger partial charge in [-0.25, -0.2) is 0 Å². The Morgan fingerprint density at radius 3 is 2.63 bits per heavy atom. The Kier molecular flexibility index (Phi) is 4.77. The number of pyridine rings is 1. The molecule has 0 aliphatic heterocycles. The molecule has 0 spiro atoms. The maximum absolute atomic E-state index is 5.96. The van der Waals surface area contributed by atoms with E-state index >= 15 is 0 Å². The van der Waals surface area contributed by atoms with E-state index < -0.39 is 0 Å². The van der Waals surface area contributed by atoms with Crippen LogP contribution in [0.2, 0.25) is 0 Å². The maximum atomic E-state index is 5.96. The van der Waals surface area contributed by atoms with Crippen LogP contribution in [0.4, 0.5) is 0 Å². The number of hydrogen-bond donors (Lipinski definition) is 1. The van der Waals surface area contributed by atoms with Crippen LogP contribution in [0.5, 0.6) is 5.75 Å². The number of nitrogens with two attached hydrogens (primary N) is 1. The highest BCUT2D eigenvalue weighted by Crippen LogP contribution is 2.23. The van der Waals surface area contributed by atoms with Crippen LogP contribution in [0.25, 0.3) is 0 Å². The van der Waals surface area contributed by atoms with E-state index in [-0.39, 0.29) is 0 Å². The number of hydrogen-bond acceptors (Lipinski definition) is 4. The van der Waals surface area contributed by atoms with Gasteiger partial charge in [-0.1, -0.05) is 0 Å². The SMILES string of the molecule is COc1cc(C)nc(CN(C)C2CCC(N)CC2)c1. The van der Waals surface area contributed by atoms with Crippen LogP contribution in [0, 0.1) is 6.92 Å². The Morgan fingerprint density at radius 1 is 1.32 bits per heavy atom. The van der Waals surface area contributed by atoms with E-state index in [0.717, 1.165) is 36.5 Å². The van der Waals surface area contributed by atoms with Gasteiger partial charge in [-0.05, 0) is 39.7 Å². The molecular formula is C15H25N3O. The van der Waals surface area contributed by atoms with Gasteiger partial charge in [0.2, 0.25) is 0 Å². The topological polar surface area (TPSA) is 51.4 Å². The molecule has 106 valence electrons. The first-order chi connectivity index (χ1) is 9.08. The number of rotatable bonds is 4. The van der Waals surface area contributed by atoms with Crippen LogP contribution in [0.1, 0.15) is 37.1 Å². The molecule has 0 saturated heterocycles. The van der Waals surface area contributed by atoms with Crippen LogP contribution in [0.15, 0.2) is 12.1 Å². The Bertz CT molecular complexity index is 414. The van der Waals surface area contributed by atoms with Gasteiger partial charge in [-0.15, -0.1) is 0 Å². The van der Waals surface area contributed by atoms with Crippen molar-refractivity contribution >= 4 is 0 Å². The van der Waals surface area contributed by atoms with E-state index in [0.29, 0.717) is 12.1 Å². The normalized spacial score (nSPS) is 23.6. The van der Waals surface area contributed by atoms with Crippen molar-refractivity contribution in [2.24, 2.45) is 5.73 Å². The molecule has 1 aliphatic rings. The fourth-order valence-corrected chi connectivity index (χ4v) is 2.83. The maximum Gasteiger partial charge on any atom is 0.122 e. The molecule has 1 aromatic heterocycles. The summed E-state index contributed by atoms with van der Waals surface area (Å²) in [4.78, 5) is 6.98. The summed E-state index contributed by atoms with van der Waals surface area (Å²) in [6.07, 6.45) is 4.67. The van der Waals surface area contributed by atoms with Crippen LogP contribution in [-0.2, 0) is 6.54 Å². The van der Waals surface area contributed by atoms with Gasteiger partial charge in [-0.2, -0.15) is 0 Å². The Hall–Kier alpha value is -1.13. The van der Waals surface area contributed by atoms with Crippen LogP contribution < -0.4 is 10.5 Å². The Morgan fingerprint density at radius 2 is 2.00 bits per heavy atom. The van der Waals surface area contributed by atoms with Gasteiger partial charge in [-0.3, -0.25) is 9.88 Å². The van der Waals surface area contributed by atoms with Crippen LogP contribution in [-0.4, -0.2) is 36.1 Å². The molecule has 1 aromatic rings. The summed E-state index contributed by atoms with van der Waals surface area (Å²) in [6, 6.07) is 5.02. The molecule has 0 radical (unpaired) electrons. The molecule has 19 heavy (non-hydrogen) atoms. The summed E-state index contributed by atoms with van der Waals surface area (Å²) >= 11 is 0. The zero-order valence-electron chi connectivity index (χ0n) is 12.2. The highest BCUT2D eigenvalue weighted by molar-refractivity contribution is 5.26. The third-order valence-corrected chi connectivity index (χ3v) is 3.99. The minimum atomic E-state index is 0.404. The predicted octanol–water partition coefficient (Wildman–Crippen LogP) is 2.10. The summed E-state index contributed by atoms with van der Waals surface area (Å²) in [5, 5.41) is 0. The lowest BCUT2D eigenvalue weighted by Gasteiger charge is -2.33. The summed E-state index contributed by atoms with van der Waals surface area (Å²) in [5.74, 6) is 0.890. The molecule has 0 atom stereocenters.